The SMILES string of the molecule is Cc1cccc(NC(=O)Cn2nc(-c3ccco3)oc2=O)c1C. The number of hydrogen-bond donors (Lipinski definition) is 1. The average Bonchev–Trinajstić information content (AvgIpc) is 3.14. The molecule has 118 valence electrons. The summed E-state index contributed by atoms with van der Waals surface area (Å²) in [7, 11) is 0. The highest BCUT2D eigenvalue weighted by Gasteiger charge is 2.15. The van der Waals surface area contributed by atoms with Crippen LogP contribution in [0.2, 0.25) is 0 Å². The lowest BCUT2D eigenvalue weighted by molar-refractivity contribution is -0.117. The molecule has 3 rings (SSSR count). The smallest absolute Gasteiger partial charge is 0.437 e. The predicted molar refractivity (Wildman–Crippen MR) is 83.0 cm³/mol. The van der Waals surface area contributed by atoms with Crippen LogP contribution in [0, 0.1) is 13.8 Å². The maximum absolute atomic E-state index is 12.1. The van der Waals surface area contributed by atoms with Crippen LogP contribution in [0.5, 0.6) is 0 Å². The Bertz CT molecular complexity index is 890. The molecule has 0 unspecified atom stereocenters. The number of anilines is 1. The van der Waals surface area contributed by atoms with Gasteiger partial charge in [0.05, 0.1) is 6.26 Å². The van der Waals surface area contributed by atoms with E-state index in [0.29, 0.717) is 11.4 Å². The standard InChI is InChI=1S/C16H15N3O4/c1-10-5-3-6-12(11(10)2)17-14(20)9-19-16(21)23-15(18-19)13-7-4-8-22-13/h3-8H,9H2,1-2H3,(H,17,20). The molecule has 0 saturated heterocycles. The van der Waals surface area contributed by atoms with Gasteiger partial charge in [-0.05, 0) is 43.2 Å². The molecule has 0 aliphatic heterocycles. The third kappa shape index (κ3) is 3.08. The van der Waals surface area contributed by atoms with Crippen LogP contribution in [0.25, 0.3) is 11.7 Å². The molecule has 0 aliphatic carbocycles. The Labute approximate surface area is 131 Å². The van der Waals surface area contributed by atoms with E-state index in [4.69, 9.17) is 8.83 Å². The van der Waals surface area contributed by atoms with E-state index in [2.05, 4.69) is 10.4 Å². The molecular formula is C16H15N3O4. The Balaban J connectivity index is 1.76. The zero-order chi connectivity index (χ0) is 16.4. The Kier molecular flexibility index (Phi) is 3.84. The maximum atomic E-state index is 12.1. The molecule has 0 radical (unpaired) electrons. The summed E-state index contributed by atoms with van der Waals surface area (Å²) in [6, 6.07) is 8.89. The second-order valence-electron chi connectivity index (χ2n) is 5.10. The molecule has 7 heteroatoms. The van der Waals surface area contributed by atoms with Gasteiger partial charge in [-0.3, -0.25) is 4.79 Å². The number of benzene rings is 1. The van der Waals surface area contributed by atoms with Gasteiger partial charge >= 0.3 is 5.76 Å². The molecule has 2 heterocycles. The summed E-state index contributed by atoms with van der Waals surface area (Å²) in [5.41, 5.74) is 2.75. The minimum absolute atomic E-state index is 0.0412. The van der Waals surface area contributed by atoms with E-state index in [9.17, 15) is 9.59 Å². The van der Waals surface area contributed by atoms with Gasteiger partial charge in [0, 0.05) is 5.69 Å². The fourth-order valence-corrected chi connectivity index (χ4v) is 2.12. The van der Waals surface area contributed by atoms with E-state index in [0.717, 1.165) is 15.8 Å². The summed E-state index contributed by atoms with van der Waals surface area (Å²) >= 11 is 0. The van der Waals surface area contributed by atoms with Gasteiger partial charge in [0.2, 0.25) is 5.91 Å². The predicted octanol–water partition coefficient (Wildman–Crippen LogP) is 2.35. The van der Waals surface area contributed by atoms with Crippen molar-refractivity contribution in [2.75, 3.05) is 5.32 Å². The summed E-state index contributed by atoms with van der Waals surface area (Å²) in [6.45, 7) is 3.64. The molecule has 1 aromatic carbocycles. The molecule has 0 fully saturated rings. The van der Waals surface area contributed by atoms with Crippen molar-refractivity contribution in [2.45, 2.75) is 20.4 Å². The van der Waals surface area contributed by atoms with Crippen LogP contribution in [-0.4, -0.2) is 15.7 Å². The van der Waals surface area contributed by atoms with Crippen molar-refractivity contribution in [1.29, 1.82) is 0 Å². The van der Waals surface area contributed by atoms with Crippen LogP contribution in [0.15, 0.2) is 50.2 Å². The van der Waals surface area contributed by atoms with E-state index in [1.165, 1.54) is 6.26 Å². The number of carbonyl (C=O) groups is 1. The molecular weight excluding hydrogens is 298 g/mol. The number of amides is 1. The van der Waals surface area contributed by atoms with Crippen molar-refractivity contribution >= 4 is 11.6 Å². The minimum atomic E-state index is -0.715. The third-order valence-corrected chi connectivity index (χ3v) is 3.51. The summed E-state index contributed by atoms with van der Waals surface area (Å²) in [5, 5.41) is 6.72. The Morgan fingerprint density at radius 2 is 2.09 bits per heavy atom. The van der Waals surface area contributed by atoms with Gasteiger partial charge in [0.25, 0.3) is 5.89 Å². The molecule has 0 atom stereocenters. The first-order chi connectivity index (χ1) is 11.0. The van der Waals surface area contributed by atoms with Crippen LogP contribution in [0.3, 0.4) is 0 Å². The molecule has 7 nitrogen and oxygen atoms in total. The number of rotatable bonds is 4. The molecule has 0 bridgehead atoms. The lowest BCUT2D eigenvalue weighted by Gasteiger charge is -2.09. The fourth-order valence-electron chi connectivity index (χ4n) is 2.12. The van der Waals surface area contributed by atoms with E-state index < -0.39 is 5.76 Å². The molecule has 2 aromatic heterocycles. The van der Waals surface area contributed by atoms with E-state index in [1.807, 2.05) is 26.0 Å². The first-order valence-corrected chi connectivity index (χ1v) is 7.02. The molecule has 1 N–H and O–H groups in total. The largest absolute Gasteiger partial charge is 0.459 e. The zero-order valence-corrected chi connectivity index (χ0v) is 12.7. The van der Waals surface area contributed by atoms with Crippen LogP contribution in [-0.2, 0) is 11.3 Å². The number of aryl methyl sites for hydroxylation is 1. The molecule has 1 amide bonds. The second kappa shape index (κ2) is 5.96. The number of aromatic nitrogens is 2. The number of nitrogens with zero attached hydrogens (tertiary/aromatic N) is 2. The molecule has 23 heavy (non-hydrogen) atoms. The highest BCUT2D eigenvalue weighted by molar-refractivity contribution is 5.91. The second-order valence-corrected chi connectivity index (χ2v) is 5.10. The van der Waals surface area contributed by atoms with Gasteiger partial charge in [-0.25, -0.2) is 4.79 Å². The third-order valence-electron chi connectivity index (χ3n) is 3.51. The number of nitrogens with one attached hydrogen (secondary N) is 1. The Morgan fingerprint density at radius 3 is 2.83 bits per heavy atom. The molecule has 0 saturated carbocycles. The first kappa shape index (κ1) is 14.8. The Morgan fingerprint density at radius 1 is 1.26 bits per heavy atom. The lowest BCUT2D eigenvalue weighted by atomic mass is 10.1. The fraction of sp³-hybridized carbons (Fsp3) is 0.188. The van der Waals surface area contributed by atoms with Gasteiger partial charge in [-0.2, -0.15) is 4.68 Å². The van der Waals surface area contributed by atoms with Gasteiger partial charge < -0.3 is 14.2 Å². The highest BCUT2D eigenvalue weighted by atomic mass is 16.4. The van der Waals surface area contributed by atoms with Crippen molar-refractivity contribution in [2.24, 2.45) is 0 Å². The monoisotopic (exact) mass is 313 g/mol. The quantitative estimate of drug-likeness (QED) is 0.798. The van der Waals surface area contributed by atoms with Crippen LogP contribution in [0.1, 0.15) is 11.1 Å². The zero-order valence-electron chi connectivity index (χ0n) is 12.7. The van der Waals surface area contributed by atoms with Gasteiger partial charge in [0.1, 0.15) is 6.54 Å². The number of furan rings is 1. The van der Waals surface area contributed by atoms with Gasteiger partial charge in [-0.15, -0.1) is 5.10 Å². The van der Waals surface area contributed by atoms with Crippen LogP contribution < -0.4 is 11.1 Å². The maximum Gasteiger partial charge on any atom is 0.437 e. The van der Waals surface area contributed by atoms with Crippen molar-refractivity contribution in [3.8, 4) is 11.7 Å². The summed E-state index contributed by atoms with van der Waals surface area (Å²) in [4.78, 5) is 23.9. The average molecular weight is 313 g/mol. The van der Waals surface area contributed by atoms with Gasteiger partial charge in [0.15, 0.2) is 5.76 Å². The normalized spacial score (nSPS) is 10.7. The topological polar surface area (TPSA) is 90.3 Å². The van der Waals surface area contributed by atoms with Crippen molar-refractivity contribution in [1.82, 2.24) is 9.78 Å². The summed E-state index contributed by atoms with van der Waals surface area (Å²) in [5.74, 6) is -0.706. The highest BCUT2D eigenvalue weighted by Crippen LogP contribution is 2.18. The lowest BCUT2D eigenvalue weighted by Crippen LogP contribution is -2.26. The van der Waals surface area contributed by atoms with Crippen molar-refractivity contribution in [3.05, 3.63) is 58.3 Å². The van der Waals surface area contributed by atoms with Crippen molar-refractivity contribution in [3.63, 3.8) is 0 Å². The van der Waals surface area contributed by atoms with E-state index >= 15 is 0 Å². The van der Waals surface area contributed by atoms with Crippen LogP contribution in [0.4, 0.5) is 5.69 Å². The number of hydrogen-bond acceptors (Lipinski definition) is 5. The Hall–Kier alpha value is -3.09. The molecule has 3 aromatic rings. The molecule has 0 spiro atoms. The van der Waals surface area contributed by atoms with Crippen LogP contribution >= 0.6 is 0 Å². The van der Waals surface area contributed by atoms with E-state index in [1.54, 1.807) is 18.2 Å². The number of carbonyl (C=O) groups excluding carboxylic acids is 1. The van der Waals surface area contributed by atoms with Gasteiger partial charge in [-0.1, -0.05) is 12.1 Å². The van der Waals surface area contributed by atoms with E-state index in [-0.39, 0.29) is 18.3 Å². The minimum Gasteiger partial charge on any atom is -0.459 e. The summed E-state index contributed by atoms with van der Waals surface area (Å²) in [6.07, 6.45) is 1.45. The first-order valence-electron chi connectivity index (χ1n) is 7.02. The van der Waals surface area contributed by atoms with Crippen molar-refractivity contribution < 1.29 is 13.6 Å². The molecule has 0 aliphatic rings. The summed E-state index contributed by atoms with van der Waals surface area (Å²) < 4.78 is 11.0.